The molecule has 0 saturated heterocycles. The molecule has 1 unspecified atom stereocenters. The second-order valence-electron chi connectivity index (χ2n) is 4.41. The van der Waals surface area contributed by atoms with E-state index in [0.717, 1.165) is 25.9 Å². The highest BCUT2D eigenvalue weighted by Gasteiger charge is 2.01. The number of hydrogen-bond acceptors (Lipinski definition) is 2. The standard InChI is InChI=1S/C13H24N2O/c1-3-7-15-8-6-13(11-15)10-14-12(2)5-4-9-16/h6,8,11-12,14,16H,3-5,7,9-10H2,1-2H3. The largest absolute Gasteiger partial charge is 0.396 e. The molecule has 3 heteroatoms. The molecule has 0 aliphatic heterocycles. The fraction of sp³-hybridized carbons (Fsp3) is 0.692. The minimum absolute atomic E-state index is 0.291. The van der Waals surface area contributed by atoms with Gasteiger partial charge in [-0.25, -0.2) is 0 Å². The van der Waals surface area contributed by atoms with Crippen molar-refractivity contribution in [2.45, 2.75) is 52.2 Å². The molecule has 1 rings (SSSR count). The lowest BCUT2D eigenvalue weighted by atomic mass is 10.2. The number of hydrogen-bond donors (Lipinski definition) is 2. The lowest BCUT2D eigenvalue weighted by molar-refractivity contribution is 0.276. The molecule has 1 aromatic rings. The summed E-state index contributed by atoms with van der Waals surface area (Å²) in [6, 6.07) is 2.64. The first-order valence-electron chi connectivity index (χ1n) is 6.25. The first-order chi connectivity index (χ1) is 7.76. The van der Waals surface area contributed by atoms with Gasteiger partial charge in [0.25, 0.3) is 0 Å². The molecule has 0 spiro atoms. The Kier molecular flexibility index (Phi) is 6.19. The quantitative estimate of drug-likeness (QED) is 0.710. The average Bonchev–Trinajstić information content (AvgIpc) is 2.72. The summed E-state index contributed by atoms with van der Waals surface area (Å²) in [5, 5.41) is 12.2. The Bertz CT molecular complexity index is 283. The van der Waals surface area contributed by atoms with Crippen LogP contribution in [0.5, 0.6) is 0 Å². The molecule has 1 heterocycles. The number of aliphatic hydroxyl groups excluding tert-OH is 1. The summed E-state index contributed by atoms with van der Waals surface area (Å²) in [7, 11) is 0. The lowest BCUT2D eigenvalue weighted by Gasteiger charge is -2.12. The van der Waals surface area contributed by atoms with Crippen LogP contribution in [0.15, 0.2) is 18.5 Å². The number of aliphatic hydroxyl groups is 1. The summed E-state index contributed by atoms with van der Waals surface area (Å²) in [6.07, 6.45) is 7.43. The monoisotopic (exact) mass is 224 g/mol. The van der Waals surface area contributed by atoms with Crippen LogP contribution in [-0.4, -0.2) is 22.3 Å². The van der Waals surface area contributed by atoms with E-state index >= 15 is 0 Å². The van der Waals surface area contributed by atoms with E-state index in [2.05, 4.69) is 42.2 Å². The summed E-state index contributed by atoms with van der Waals surface area (Å²) >= 11 is 0. The van der Waals surface area contributed by atoms with Gasteiger partial charge in [-0.1, -0.05) is 6.92 Å². The molecule has 16 heavy (non-hydrogen) atoms. The van der Waals surface area contributed by atoms with Gasteiger partial charge in [0.05, 0.1) is 0 Å². The molecular formula is C13H24N2O. The van der Waals surface area contributed by atoms with Gasteiger partial charge in [0.15, 0.2) is 0 Å². The molecule has 0 saturated carbocycles. The third-order valence-electron chi connectivity index (χ3n) is 2.74. The Morgan fingerprint density at radius 2 is 2.31 bits per heavy atom. The first kappa shape index (κ1) is 13.3. The van der Waals surface area contributed by atoms with Crippen LogP contribution in [0.2, 0.25) is 0 Å². The van der Waals surface area contributed by atoms with Crippen LogP contribution in [0, 0.1) is 0 Å². The number of aromatic nitrogens is 1. The molecule has 1 atom stereocenters. The predicted octanol–water partition coefficient (Wildman–Crippen LogP) is 2.15. The smallest absolute Gasteiger partial charge is 0.0431 e. The van der Waals surface area contributed by atoms with Gasteiger partial charge in [-0.05, 0) is 37.8 Å². The van der Waals surface area contributed by atoms with Crippen LogP contribution < -0.4 is 5.32 Å². The second-order valence-corrected chi connectivity index (χ2v) is 4.41. The van der Waals surface area contributed by atoms with Gasteiger partial charge in [0.1, 0.15) is 0 Å². The van der Waals surface area contributed by atoms with E-state index in [9.17, 15) is 0 Å². The second kappa shape index (κ2) is 7.47. The van der Waals surface area contributed by atoms with E-state index in [0.29, 0.717) is 12.6 Å². The van der Waals surface area contributed by atoms with E-state index in [4.69, 9.17) is 5.11 Å². The Labute approximate surface area is 98.5 Å². The molecule has 0 amide bonds. The van der Waals surface area contributed by atoms with E-state index in [1.165, 1.54) is 12.0 Å². The van der Waals surface area contributed by atoms with Crippen molar-refractivity contribution in [1.29, 1.82) is 0 Å². The van der Waals surface area contributed by atoms with Crippen molar-refractivity contribution < 1.29 is 5.11 Å². The molecule has 0 radical (unpaired) electrons. The minimum Gasteiger partial charge on any atom is -0.396 e. The van der Waals surface area contributed by atoms with Gasteiger partial charge in [0.2, 0.25) is 0 Å². The van der Waals surface area contributed by atoms with E-state index in [1.54, 1.807) is 0 Å². The molecule has 0 bridgehead atoms. The average molecular weight is 224 g/mol. The Balaban J connectivity index is 2.25. The highest BCUT2D eigenvalue weighted by Crippen LogP contribution is 2.03. The van der Waals surface area contributed by atoms with Gasteiger partial charge in [-0.2, -0.15) is 0 Å². The highest BCUT2D eigenvalue weighted by molar-refractivity contribution is 5.09. The Hall–Kier alpha value is -0.800. The number of nitrogens with zero attached hydrogens (tertiary/aromatic N) is 1. The lowest BCUT2D eigenvalue weighted by Crippen LogP contribution is -2.25. The topological polar surface area (TPSA) is 37.2 Å². The fourth-order valence-corrected chi connectivity index (χ4v) is 1.78. The Morgan fingerprint density at radius 1 is 1.50 bits per heavy atom. The van der Waals surface area contributed by atoms with E-state index in [1.807, 2.05) is 0 Å². The van der Waals surface area contributed by atoms with Gasteiger partial charge in [-0.15, -0.1) is 0 Å². The van der Waals surface area contributed by atoms with Crippen molar-refractivity contribution in [3.05, 3.63) is 24.0 Å². The van der Waals surface area contributed by atoms with Crippen molar-refractivity contribution in [3.63, 3.8) is 0 Å². The minimum atomic E-state index is 0.291. The van der Waals surface area contributed by atoms with E-state index < -0.39 is 0 Å². The van der Waals surface area contributed by atoms with Gasteiger partial charge >= 0.3 is 0 Å². The number of nitrogens with one attached hydrogen (secondary N) is 1. The van der Waals surface area contributed by atoms with Crippen molar-refractivity contribution >= 4 is 0 Å². The Morgan fingerprint density at radius 3 is 3.00 bits per heavy atom. The molecule has 0 aromatic carbocycles. The van der Waals surface area contributed by atoms with Crippen LogP contribution in [-0.2, 0) is 13.1 Å². The molecule has 3 nitrogen and oxygen atoms in total. The summed E-state index contributed by atoms with van der Waals surface area (Å²) in [5.74, 6) is 0. The van der Waals surface area contributed by atoms with Crippen LogP contribution in [0.3, 0.4) is 0 Å². The normalized spacial score (nSPS) is 12.9. The molecular weight excluding hydrogens is 200 g/mol. The van der Waals surface area contributed by atoms with Gasteiger partial charge in [0, 0.05) is 38.1 Å². The third kappa shape index (κ3) is 4.81. The summed E-state index contributed by atoms with van der Waals surface area (Å²) < 4.78 is 2.23. The van der Waals surface area contributed by atoms with Crippen molar-refractivity contribution in [1.82, 2.24) is 9.88 Å². The highest BCUT2D eigenvalue weighted by atomic mass is 16.2. The first-order valence-corrected chi connectivity index (χ1v) is 6.25. The maximum atomic E-state index is 8.73. The number of rotatable bonds is 8. The van der Waals surface area contributed by atoms with Crippen LogP contribution in [0.25, 0.3) is 0 Å². The van der Waals surface area contributed by atoms with Crippen LogP contribution >= 0.6 is 0 Å². The maximum Gasteiger partial charge on any atom is 0.0431 e. The van der Waals surface area contributed by atoms with E-state index in [-0.39, 0.29) is 0 Å². The molecule has 2 N–H and O–H groups in total. The van der Waals surface area contributed by atoms with Gasteiger partial charge < -0.3 is 15.0 Å². The molecule has 92 valence electrons. The summed E-state index contributed by atoms with van der Waals surface area (Å²) in [6.45, 7) is 6.66. The third-order valence-corrected chi connectivity index (χ3v) is 2.74. The fourth-order valence-electron chi connectivity index (χ4n) is 1.78. The molecule has 0 fully saturated rings. The van der Waals surface area contributed by atoms with Gasteiger partial charge in [-0.3, -0.25) is 0 Å². The molecule has 0 aliphatic carbocycles. The van der Waals surface area contributed by atoms with Crippen molar-refractivity contribution in [2.24, 2.45) is 0 Å². The molecule has 0 aliphatic rings. The summed E-state index contributed by atoms with van der Waals surface area (Å²) in [5.41, 5.74) is 1.34. The zero-order valence-electron chi connectivity index (χ0n) is 10.4. The zero-order chi connectivity index (χ0) is 11.8. The zero-order valence-corrected chi connectivity index (χ0v) is 10.4. The van der Waals surface area contributed by atoms with Crippen LogP contribution in [0.4, 0.5) is 0 Å². The number of aryl methyl sites for hydroxylation is 1. The van der Waals surface area contributed by atoms with Crippen molar-refractivity contribution in [3.8, 4) is 0 Å². The van der Waals surface area contributed by atoms with Crippen LogP contribution in [0.1, 0.15) is 38.7 Å². The SMILES string of the molecule is CCCn1ccc(CNC(C)CCCO)c1. The summed E-state index contributed by atoms with van der Waals surface area (Å²) in [4.78, 5) is 0. The molecule has 1 aromatic heterocycles. The predicted molar refractivity (Wildman–Crippen MR) is 67.3 cm³/mol. The maximum absolute atomic E-state index is 8.73. The van der Waals surface area contributed by atoms with Crippen molar-refractivity contribution in [2.75, 3.05) is 6.61 Å².